The Morgan fingerprint density at radius 2 is 1.90 bits per heavy atom. The molecule has 1 atom stereocenters. The van der Waals surface area contributed by atoms with E-state index in [1.807, 2.05) is 61.3 Å². The summed E-state index contributed by atoms with van der Waals surface area (Å²) >= 11 is 0. The number of morpholine rings is 1. The lowest BCUT2D eigenvalue weighted by Gasteiger charge is -2.43. The lowest BCUT2D eigenvalue weighted by molar-refractivity contribution is -0.174. The van der Waals surface area contributed by atoms with Gasteiger partial charge in [-0.3, -0.25) is 14.6 Å². The van der Waals surface area contributed by atoms with Gasteiger partial charge in [0.15, 0.2) is 5.60 Å². The molecule has 1 aliphatic rings. The third kappa shape index (κ3) is 4.96. The Balaban J connectivity index is 1.98. The van der Waals surface area contributed by atoms with Crippen molar-refractivity contribution in [3.8, 4) is 11.1 Å². The van der Waals surface area contributed by atoms with Crippen LogP contribution in [0.4, 0.5) is 0 Å². The van der Waals surface area contributed by atoms with Gasteiger partial charge in [-0.15, -0.1) is 0 Å². The standard InChI is InChI=1S/C25H33N3O3/c1-5-19(6-2)23(29)28-14-15-31-25(18-28,24(30)27(3)4)16-20-10-7-8-12-22(20)21-11-9-13-26-17-21/h7-13,17,19H,5-6,14-16,18H2,1-4H3. The Kier molecular flexibility index (Phi) is 7.44. The maximum atomic E-state index is 13.4. The molecule has 0 radical (unpaired) electrons. The molecule has 1 aromatic carbocycles. The highest BCUT2D eigenvalue weighted by molar-refractivity contribution is 5.88. The quantitative estimate of drug-likeness (QED) is 0.685. The third-order valence-electron chi connectivity index (χ3n) is 6.09. The highest BCUT2D eigenvalue weighted by Gasteiger charge is 2.46. The van der Waals surface area contributed by atoms with Crippen LogP contribution in [0.25, 0.3) is 11.1 Å². The van der Waals surface area contributed by atoms with Crippen molar-refractivity contribution >= 4 is 11.8 Å². The summed E-state index contributed by atoms with van der Waals surface area (Å²) in [7, 11) is 3.48. The van der Waals surface area contributed by atoms with Crippen LogP contribution in [0.2, 0.25) is 0 Å². The fraction of sp³-hybridized carbons (Fsp3) is 0.480. The van der Waals surface area contributed by atoms with E-state index in [-0.39, 0.29) is 24.3 Å². The van der Waals surface area contributed by atoms with Crippen molar-refractivity contribution in [3.63, 3.8) is 0 Å². The minimum atomic E-state index is -1.11. The van der Waals surface area contributed by atoms with Crippen LogP contribution in [0, 0.1) is 5.92 Å². The van der Waals surface area contributed by atoms with Crippen LogP contribution in [0.3, 0.4) is 0 Å². The fourth-order valence-electron chi connectivity index (χ4n) is 4.37. The van der Waals surface area contributed by atoms with E-state index in [9.17, 15) is 9.59 Å². The zero-order chi connectivity index (χ0) is 22.4. The molecule has 0 aliphatic carbocycles. The second kappa shape index (κ2) is 10.1. The summed E-state index contributed by atoms with van der Waals surface area (Å²) in [5, 5.41) is 0. The van der Waals surface area contributed by atoms with Crippen molar-refractivity contribution in [1.82, 2.24) is 14.8 Å². The van der Waals surface area contributed by atoms with E-state index in [1.165, 1.54) is 0 Å². The molecule has 0 saturated carbocycles. The van der Waals surface area contributed by atoms with Crippen molar-refractivity contribution in [2.75, 3.05) is 33.8 Å². The number of amides is 2. The van der Waals surface area contributed by atoms with Gasteiger partial charge in [-0.25, -0.2) is 0 Å². The summed E-state index contributed by atoms with van der Waals surface area (Å²) in [5.74, 6) is -0.0201. The first kappa shape index (κ1) is 22.9. The zero-order valence-corrected chi connectivity index (χ0v) is 19.0. The number of ether oxygens (including phenoxy) is 1. The van der Waals surface area contributed by atoms with Gasteiger partial charge in [0.05, 0.1) is 13.2 Å². The van der Waals surface area contributed by atoms with Gasteiger partial charge < -0.3 is 14.5 Å². The van der Waals surface area contributed by atoms with Crippen LogP contribution >= 0.6 is 0 Å². The topological polar surface area (TPSA) is 62.7 Å². The smallest absolute Gasteiger partial charge is 0.256 e. The third-order valence-corrected chi connectivity index (χ3v) is 6.09. The number of nitrogens with zero attached hydrogens (tertiary/aromatic N) is 3. The van der Waals surface area contributed by atoms with E-state index in [0.717, 1.165) is 29.5 Å². The maximum absolute atomic E-state index is 13.4. The van der Waals surface area contributed by atoms with Crippen LogP contribution in [0.5, 0.6) is 0 Å². The number of rotatable bonds is 7. The van der Waals surface area contributed by atoms with Gasteiger partial charge >= 0.3 is 0 Å². The van der Waals surface area contributed by atoms with Gasteiger partial charge in [0.25, 0.3) is 5.91 Å². The molecule has 1 saturated heterocycles. The number of hydrogen-bond acceptors (Lipinski definition) is 4. The van der Waals surface area contributed by atoms with Crippen molar-refractivity contribution < 1.29 is 14.3 Å². The van der Waals surface area contributed by atoms with Crippen molar-refractivity contribution in [1.29, 1.82) is 0 Å². The van der Waals surface area contributed by atoms with Crippen molar-refractivity contribution in [3.05, 3.63) is 54.4 Å². The van der Waals surface area contributed by atoms with E-state index in [2.05, 4.69) is 4.98 Å². The summed E-state index contributed by atoms with van der Waals surface area (Å²) in [5.41, 5.74) is 1.91. The molecule has 31 heavy (non-hydrogen) atoms. The van der Waals surface area contributed by atoms with E-state index in [0.29, 0.717) is 19.6 Å². The molecule has 1 aromatic heterocycles. The van der Waals surface area contributed by atoms with Gasteiger partial charge in [-0.1, -0.05) is 44.2 Å². The Morgan fingerprint density at radius 3 is 2.55 bits per heavy atom. The number of likely N-dealkylation sites (N-methyl/N-ethyl adjacent to an activating group) is 1. The number of pyridine rings is 1. The number of aromatic nitrogens is 1. The molecule has 2 amide bonds. The molecule has 0 spiro atoms. The zero-order valence-electron chi connectivity index (χ0n) is 19.0. The van der Waals surface area contributed by atoms with Crippen LogP contribution in [0.15, 0.2) is 48.8 Å². The Bertz CT molecular complexity index is 896. The predicted octanol–water partition coefficient (Wildman–Crippen LogP) is 3.41. The highest BCUT2D eigenvalue weighted by Crippen LogP contribution is 2.31. The molecule has 1 fully saturated rings. The van der Waals surface area contributed by atoms with Crippen molar-refractivity contribution in [2.45, 2.75) is 38.7 Å². The minimum Gasteiger partial charge on any atom is -0.361 e. The molecule has 3 rings (SSSR count). The van der Waals surface area contributed by atoms with E-state index in [1.54, 1.807) is 25.2 Å². The average molecular weight is 424 g/mol. The second-order valence-electron chi connectivity index (χ2n) is 8.39. The second-order valence-corrected chi connectivity index (χ2v) is 8.39. The minimum absolute atomic E-state index is 0.0204. The summed E-state index contributed by atoms with van der Waals surface area (Å²) in [6.45, 7) is 5.20. The SMILES string of the molecule is CCC(CC)C(=O)N1CCOC(Cc2ccccc2-c2cccnc2)(C(=O)N(C)C)C1. The summed E-state index contributed by atoms with van der Waals surface area (Å²) < 4.78 is 6.21. The van der Waals surface area contributed by atoms with E-state index in [4.69, 9.17) is 4.74 Å². The molecule has 1 unspecified atom stereocenters. The number of benzene rings is 1. The lowest BCUT2D eigenvalue weighted by Crippen LogP contribution is -2.62. The number of carbonyl (C=O) groups is 2. The Hall–Kier alpha value is -2.73. The first-order chi connectivity index (χ1) is 14.9. The molecular weight excluding hydrogens is 390 g/mol. The number of hydrogen-bond donors (Lipinski definition) is 0. The van der Waals surface area contributed by atoms with Gasteiger partial charge in [0.1, 0.15) is 0 Å². The molecule has 2 heterocycles. The predicted molar refractivity (Wildman–Crippen MR) is 121 cm³/mol. The van der Waals surface area contributed by atoms with Gasteiger partial charge in [0, 0.05) is 50.9 Å². The average Bonchev–Trinajstić information content (AvgIpc) is 2.80. The van der Waals surface area contributed by atoms with Crippen LogP contribution < -0.4 is 0 Å². The summed E-state index contributed by atoms with van der Waals surface area (Å²) in [6, 6.07) is 11.9. The summed E-state index contributed by atoms with van der Waals surface area (Å²) in [6.07, 6.45) is 5.55. The summed E-state index contributed by atoms with van der Waals surface area (Å²) in [4.78, 5) is 34.2. The normalized spacial score (nSPS) is 18.8. The molecule has 2 aromatic rings. The first-order valence-electron chi connectivity index (χ1n) is 11.0. The maximum Gasteiger partial charge on any atom is 0.256 e. The van der Waals surface area contributed by atoms with Crippen LogP contribution in [0.1, 0.15) is 32.3 Å². The molecule has 6 heteroatoms. The lowest BCUT2D eigenvalue weighted by atomic mass is 9.86. The first-order valence-corrected chi connectivity index (χ1v) is 11.0. The molecular formula is C25H33N3O3. The molecule has 0 bridgehead atoms. The van der Waals surface area contributed by atoms with Gasteiger partial charge in [-0.05, 0) is 30.0 Å². The molecule has 0 N–H and O–H groups in total. The monoisotopic (exact) mass is 423 g/mol. The molecule has 6 nitrogen and oxygen atoms in total. The van der Waals surface area contributed by atoms with E-state index >= 15 is 0 Å². The van der Waals surface area contributed by atoms with Gasteiger partial charge in [-0.2, -0.15) is 0 Å². The largest absolute Gasteiger partial charge is 0.361 e. The fourth-order valence-corrected chi connectivity index (χ4v) is 4.37. The van der Waals surface area contributed by atoms with Crippen LogP contribution in [-0.4, -0.2) is 66.0 Å². The number of carbonyl (C=O) groups excluding carboxylic acids is 2. The van der Waals surface area contributed by atoms with Gasteiger partial charge in [0.2, 0.25) is 5.91 Å². The highest BCUT2D eigenvalue weighted by atomic mass is 16.5. The van der Waals surface area contributed by atoms with E-state index < -0.39 is 5.60 Å². The molecule has 166 valence electrons. The Morgan fingerprint density at radius 1 is 1.16 bits per heavy atom. The molecule has 1 aliphatic heterocycles. The van der Waals surface area contributed by atoms with Crippen molar-refractivity contribution in [2.24, 2.45) is 5.92 Å². The Labute approximate surface area is 185 Å². The van der Waals surface area contributed by atoms with Crippen LogP contribution in [-0.2, 0) is 20.7 Å².